The predicted molar refractivity (Wildman–Crippen MR) is 37.2 cm³/mol. The van der Waals surface area contributed by atoms with Crippen LogP contribution >= 0.6 is 7.36 Å². The van der Waals surface area contributed by atoms with Crippen LogP contribution in [0.1, 0.15) is 6.42 Å². The first-order chi connectivity index (χ1) is 3.33. The molecule has 44 valence electrons. The van der Waals surface area contributed by atoms with Gasteiger partial charge in [-0.3, -0.25) is 0 Å². The van der Waals surface area contributed by atoms with E-state index >= 15 is 0 Å². The topological polar surface area (TPSA) is 23.8 Å². The van der Waals surface area contributed by atoms with E-state index in [0.717, 1.165) is 0 Å². The monoisotopic (exact) mass is 371 g/mol. The van der Waals surface area contributed by atoms with Crippen LogP contribution in [0.15, 0.2) is 0 Å². The molecule has 1 nitrogen and oxygen atoms in total. The molecule has 0 fully saturated rings. The summed E-state index contributed by atoms with van der Waals surface area (Å²) in [6, 6.07) is 1.82. The van der Waals surface area contributed by atoms with E-state index in [1.54, 1.807) is 0 Å². The number of nitriles is 1. The van der Waals surface area contributed by atoms with Gasteiger partial charge in [0.25, 0.3) is 0 Å². The summed E-state index contributed by atoms with van der Waals surface area (Å²) in [4.78, 5) is 0. The molecule has 0 aromatic rings. The summed E-state index contributed by atoms with van der Waals surface area (Å²) in [5.41, 5.74) is 0. The Morgan fingerprint density at radius 1 is 1.88 bits per heavy atom. The maximum atomic E-state index is 7.56. The maximum absolute atomic E-state index is 7.56. The molecular formula is C4H8NPSU. The smallest absolute Gasteiger partial charge is 0.157 e. The van der Waals surface area contributed by atoms with Crippen molar-refractivity contribution in [3.63, 3.8) is 0 Å². The molecule has 0 amide bonds. The average Bonchev–Trinajstić information content (AvgIpc) is 1.69. The molecule has 0 saturated heterocycles. The third kappa shape index (κ3) is 61.0. The molecule has 0 saturated carbocycles. The van der Waals surface area contributed by atoms with Gasteiger partial charge in [0.15, 0.2) is 19.2 Å². The van der Waals surface area contributed by atoms with Crippen LogP contribution < -0.4 is 0 Å². The number of hydrogen-bond donors (Lipinski definition) is 0. The van der Waals surface area contributed by atoms with Crippen LogP contribution in [0.25, 0.3) is 0 Å². The average molecular weight is 371 g/mol. The van der Waals surface area contributed by atoms with Crippen LogP contribution in [-0.4, -0.2) is 6.66 Å². The van der Waals surface area contributed by atoms with Crippen LogP contribution in [0.5, 0.6) is 0 Å². The van der Waals surface area contributed by atoms with Gasteiger partial charge in [-0.1, -0.05) is 6.42 Å². The maximum Gasteiger partial charge on any atom is 0.157 e. The molecule has 0 aliphatic carbocycles. The van der Waals surface area contributed by atoms with Crippen molar-refractivity contribution in [1.29, 1.82) is 5.26 Å². The van der Waals surface area contributed by atoms with Crippen molar-refractivity contribution in [3.8, 4) is 6.07 Å². The van der Waals surface area contributed by atoms with E-state index < -0.39 is 0 Å². The van der Waals surface area contributed by atoms with Gasteiger partial charge in [0.1, 0.15) is 6.66 Å². The van der Waals surface area contributed by atoms with E-state index in [0.29, 0.717) is 13.8 Å². The molecule has 0 N–H and O–H groups in total. The SMILES string of the molecule is C[PH+]=S.[CH2-]CC#N.[U]. The second-order valence-corrected chi connectivity index (χ2v) is 2.25. The van der Waals surface area contributed by atoms with Crippen molar-refractivity contribution < 1.29 is 31.1 Å². The summed E-state index contributed by atoms with van der Waals surface area (Å²) in [6.07, 6.45) is 0.375. The molecule has 0 aliphatic rings. The zero-order chi connectivity index (χ0) is 6.12. The van der Waals surface area contributed by atoms with E-state index in [1.165, 1.54) is 0 Å². The van der Waals surface area contributed by atoms with Gasteiger partial charge in [0.2, 0.25) is 0 Å². The molecule has 0 heterocycles. The van der Waals surface area contributed by atoms with E-state index in [1.807, 2.05) is 12.7 Å². The standard InChI is InChI=1S/C3H4N.CH3PS.U/c1-2-3-4;1-2-3;/h1-2H2;1H3;/q-1;;/p+1. The molecule has 0 radical (unpaired) electrons. The van der Waals surface area contributed by atoms with Gasteiger partial charge in [-0.25, -0.2) is 5.26 Å². The van der Waals surface area contributed by atoms with Gasteiger partial charge in [-0.05, 0) is 0 Å². The molecule has 0 aromatic heterocycles. The molecular weight excluding hydrogens is 363 g/mol. The molecule has 8 heavy (non-hydrogen) atoms. The Labute approximate surface area is 81.1 Å². The Kier molecular flexibility index (Phi) is 48.8. The van der Waals surface area contributed by atoms with Crippen LogP contribution in [0, 0.1) is 49.4 Å². The number of rotatable bonds is 0. The largest absolute Gasteiger partial charge is 0.330 e. The zero-order valence-corrected chi connectivity index (χ0v) is 10.7. The van der Waals surface area contributed by atoms with Crippen molar-refractivity contribution in [1.82, 2.24) is 0 Å². The quantitative estimate of drug-likeness (QED) is 0.476. The molecule has 0 aliphatic heterocycles. The summed E-state index contributed by atoms with van der Waals surface area (Å²) in [5.74, 6) is 0. The van der Waals surface area contributed by atoms with Gasteiger partial charge in [-0.15, -0.1) is 0 Å². The Bertz CT molecular complexity index is 70.9. The first-order valence-corrected chi connectivity index (χ1v) is 4.41. The summed E-state index contributed by atoms with van der Waals surface area (Å²) >= 11 is 4.42. The van der Waals surface area contributed by atoms with Crippen LogP contribution in [0.4, 0.5) is 0 Å². The number of nitrogens with zero attached hydrogens (tertiary/aromatic N) is 1. The van der Waals surface area contributed by atoms with Gasteiger partial charge in [0, 0.05) is 37.2 Å². The summed E-state index contributed by atoms with van der Waals surface area (Å²) in [5, 5.41) is 7.56. The second kappa shape index (κ2) is 24.4. The van der Waals surface area contributed by atoms with Gasteiger partial charge >= 0.3 is 0 Å². The van der Waals surface area contributed by atoms with E-state index in [2.05, 4.69) is 18.7 Å². The van der Waals surface area contributed by atoms with Crippen molar-refractivity contribution in [2.45, 2.75) is 6.42 Å². The molecule has 0 spiro atoms. The van der Waals surface area contributed by atoms with Crippen molar-refractivity contribution in [2.24, 2.45) is 0 Å². The van der Waals surface area contributed by atoms with Crippen LogP contribution in [0.2, 0.25) is 0 Å². The Balaban J connectivity index is -0.0000000575. The van der Waals surface area contributed by atoms with Crippen LogP contribution in [0.3, 0.4) is 0 Å². The normalized spacial score (nSPS) is 5.12. The van der Waals surface area contributed by atoms with Gasteiger partial charge in [0.05, 0.1) is 0 Å². The molecule has 0 aromatic carbocycles. The molecule has 4 heteroatoms. The number of hydrogen-bond acceptors (Lipinski definition) is 2. The fraction of sp³-hybridized carbons (Fsp3) is 0.500. The zero-order valence-electron chi connectivity index (χ0n) is 4.77. The molecule has 0 bridgehead atoms. The van der Waals surface area contributed by atoms with E-state index in [-0.39, 0.29) is 31.1 Å². The first-order valence-electron chi connectivity index (χ1n) is 1.78. The fourth-order valence-electron chi connectivity index (χ4n) is 0. The van der Waals surface area contributed by atoms with E-state index in [9.17, 15) is 0 Å². The summed E-state index contributed by atoms with van der Waals surface area (Å²) < 4.78 is 0. The van der Waals surface area contributed by atoms with Crippen molar-refractivity contribution in [3.05, 3.63) is 6.92 Å². The minimum atomic E-state index is 0. The van der Waals surface area contributed by atoms with Gasteiger partial charge in [-0.2, -0.15) is 0 Å². The third-order valence-corrected chi connectivity index (χ3v) is 0.112. The van der Waals surface area contributed by atoms with Gasteiger partial charge < -0.3 is 6.92 Å². The Hall–Kier alpha value is 1.06. The minimum Gasteiger partial charge on any atom is -0.330 e. The fourth-order valence-corrected chi connectivity index (χ4v) is 0. The Morgan fingerprint density at radius 2 is 2.00 bits per heavy atom. The predicted octanol–water partition coefficient (Wildman–Crippen LogP) is 1.49. The van der Waals surface area contributed by atoms with E-state index in [4.69, 9.17) is 5.26 Å². The third-order valence-electron chi connectivity index (χ3n) is 0.112. The van der Waals surface area contributed by atoms with Crippen molar-refractivity contribution >= 4 is 19.2 Å². The van der Waals surface area contributed by atoms with Crippen LogP contribution in [-0.2, 0) is 11.8 Å². The van der Waals surface area contributed by atoms with Crippen molar-refractivity contribution in [2.75, 3.05) is 6.66 Å². The molecule has 1 atom stereocenters. The first kappa shape index (κ1) is 16.0. The molecule has 0 rings (SSSR count). The molecule has 1 unspecified atom stereocenters. The minimum absolute atomic E-state index is 0. The Morgan fingerprint density at radius 3 is 2.00 bits per heavy atom. The second-order valence-electron chi connectivity index (χ2n) is 0.612. The summed E-state index contributed by atoms with van der Waals surface area (Å²) in [6.45, 7) is 5.21. The summed E-state index contributed by atoms with van der Waals surface area (Å²) in [7, 11) is 0.667.